The van der Waals surface area contributed by atoms with Crippen LogP contribution >= 0.6 is 19.3 Å². The molecule has 1 fully saturated rings. The summed E-state index contributed by atoms with van der Waals surface area (Å²) in [5.74, 6) is 0.636. The van der Waals surface area contributed by atoms with E-state index in [0.717, 1.165) is 18.0 Å². The second kappa shape index (κ2) is 10.5. The highest BCUT2D eigenvalue weighted by atomic mass is 32.1. The van der Waals surface area contributed by atoms with Crippen LogP contribution in [0.5, 0.6) is 0 Å². The number of carbonyl (C=O) groups is 1. The van der Waals surface area contributed by atoms with E-state index in [1.165, 1.54) is 52.9 Å². The third-order valence-electron chi connectivity index (χ3n) is 5.43. The summed E-state index contributed by atoms with van der Waals surface area (Å²) < 4.78 is 5.24. The summed E-state index contributed by atoms with van der Waals surface area (Å²) in [7, 11) is -0.272. The third-order valence-corrected chi connectivity index (χ3v) is 9.21. The lowest BCUT2D eigenvalue weighted by atomic mass is 9.90. The minimum absolute atomic E-state index is 0.132. The second-order valence-electron chi connectivity index (χ2n) is 7.88. The van der Waals surface area contributed by atoms with Gasteiger partial charge < -0.3 is 4.74 Å². The number of aromatic nitrogens is 1. The van der Waals surface area contributed by atoms with Gasteiger partial charge in [0.05, 0.1) is 16.0 Å². The summed E-state index contributed by atoms with van der Waals surface area (Å²) in [5.41, 5.74) is 2.09. The number of hydrogen-bond acceptors (Lipinski definition) is 4. The molecule has 1 amide bonds. The van der Waals surface area contributed by atoms with E-state index in [9.17, 15) is 4.79 Å². The van der Waals surface area contributed by atoms with Crippen molar-refractivity contribution in [3.63, 3.8) is 0 Å². The fourth-order valence-corrected chi connectivity index (χ4v) is 7.14. The zero-order valence-corrected chi connectivity index (χ0v) is 19.7. The lowest BCUT2D eigenvalue weighted by Gasteiger charge is -2.20. The summed E-state index contributed by atoms with van der Waals surface area (Å²) in [5, 5.41) is 5.54. The Morgan fingerprint density at radius 2 is 1.97 bits per heavy atom. The fourth-order valence-electron chi connectivity index (χ4n) is 3.96. The van der Waals surface area contributed by atoms with Crippen LogP contribution in [0, 0.1) is 0 Å². The molecule has 1 N–H and O–H groups in total. The van der Waals surface area contributed by atoms with Crippen molar-refractivity contribution in [2.75, 3.05) is 17.6 Å². The predicted octanol–water partition coefficient (Wildman–Crippen LogP) is 6.96. The molecule has 1 heterocycles. The quantitative estimate of drug-likeness (QED) is 0.481. The summed E-state index contributed by atoms with van der Waals surface area (Å²) in [6.07, 6.45) is 10.4. The van der Waals surface area contributed by atoms with E-state index in [1.807, 2.05) is 31.3 Å². The highest BCUT2D eigenvalue weighted by Gasteiger charge is 2.21. The van der Waals surface area contributed by atoms with Crippen molar-refractivity contribution < 1.29 is 9.53 Å². The van der Waals surface area contributed by atoms with Gasteiger partial charge in [0.1, 0.15) is 0 Å². The van der Waals surface area contributed by atoms with E-state index in [-0.39, 0.29) is 14.0 Å². The molecule has 1 aromatic heterocycles. The maximum absolute atomic E-state index is 12.0. The number of hydrogen-bond donors (Lipinski definition) is 1. The minimum atomic E-state index is -0.395. The molecule has 0 bridgehead atoms. The molecule has 0 spiro atoms. The van der Waals surface area contributed by atoms with E-state index in [0.29, 0.717) is 5.92 Å². The molecule has 0 aliphatic heterocycles. The molecule has 6 heteroatoms. The maximum Gasteiger partial charge on any atom is 0.411 e. The van der Waals surface area contributed by atoms with Gasteiger partial charge in [0.15, 0.2) is 0 Å². The van der Waals surface area contributed by atoms with E-state index in [1.54, 1.807) is 0 Å². The molecule has 1 saturated carbocycles. The van der Waals surface area contributed by atoms with Gasteiger partial charge in [-0.15, -0.1) is 11.3 Å². The van der Waals surface area contributed by atoms with E-state index < -0.39 is 6.09 Å². The molecule has 0 unspecified atom stereocenters. The number of ether oxygens (including phenoxy) is 1. The molecule has 3 rings (SSSR count). The first-order valence-electron chi connectivity index (χ1n) is 10.8. The van der Waals surface area contributed by atoms with Gasteiger partial charge in [-0.25, -0.2) is 9.78 Å². The minimum Gasteiger partial charge on any atom is -0.447 e. The number of thiazole rings is 1. The largest absolute Gasteiger partial charge is 0.447 e. The fraction of sp³-hybridized carbons (Fsp3) is 0.565. The number of nitrogens with zero attached hydrogens (tertiary/aromatic N) is 1. The number of carbonyl (C=O) groups excluding carboxylic acids is 1. The van der Waals surface area contributed by atoms with Crippen LogP contribution in [0.2, 0.25) is 0 Å². The SMILES string of the molecule is CCP(CC)c1cc(NC(=O)OC(C)C)ccc1-c1cnc(C2CCCCC2)s1. The van der Waals surface area contributed by atoms with Gasteiger partial charge in [0, 0.05) is 23.4 Å². The van der Waals surface area contributed by atoms with Gasteiger partial charge in [-0.05, 0) is 56.5 Å². The van der Waals surface area contributed by atoms with Crippen LogP contribution in [0.1, 0.15) is 70.7 Å². The van der Waals surface area contributed by atoms with Crippen molar-refractivity contribution >= 4 is 36.3 Å². The molecule has 0 saturated heterocycles. The van der Waals surface area contributed by atoms with Gasteiger partial charge in [-0.2, -0.15) is 0 Å². The van der Waals surface area contributed by atoms with Crippen molar-refractivity contribution in [3.05, 3.63) is 29.4 Å². The van der Waals surface area contributed by atoms with Crippen LogP contribution in [-0.2, 0) is 4.74 Å². The normalized spacial score (nSPS) is 15.1. The average molecular weight is 433 g/mol. The number of amides is 1. The molecule has 1 aliphatic carbocycles. The molecule has 1 aliphatic rings. The van der Waals surface area contributed by atoms with Crippen LogP contribution in [0.4, 0.5) is 10.5 Å². The maximum atomic E-state index is 12.0. The summed E-state index contributed by atoms with van der Waals surface area (Å²) >= 11 is 1.86. The van der Waals surface area contributed by atoms with Crippen LogP contribution < -0.4 is 10.6 Å². The summed E-state index contributed by atoms with van der Waals surface area (Å²) in [6.45, 7) is 8.23. The van der Waals surface area contributed by atoms with Crippen molar-refractivity contribution in [1.29, 1.82) is 0 Å². The molecule has 2 aromatic rings. The Morgan fingerprint density at radius 3 is 2.62 bits per heavy atom. The summed E-state index contributed by atoms with van der Waals surface area (Å²) in [6, 6.07) is 6.29. The molecular weight excluding hydrogens is 399 g/mol. The number of anilines is 1. The van der Waals surface area contributed by atoms with Crippen molar-refractivity contribution in [2.45, 2.75) is 71.8 Å². The first-order valence-corrected chi connectivity index (χ1v) is 13.4. The Hall–Kier alpha value is -1.45. The molecule has 158 valence electrons. The Bertz CT molecular complexity index is 811. The first kappa shape index (κ1) is 22.2. The summed E-state index contributed by atoms with van der Waals surface area (Å²) in [4.78, 5) is 18.1. The topological polar surface area (TPSA) is 51.2 Å². The lowest BCUT2D eigenvalue weighted by Crippen LogP contribution is -2.19. The van der Waals surface area contributed by atoms with Gasteiger partial charge in [-0.1, -0.05) is 47.1 Å². The zero-order valence-electron chi connectivity index (χ0n) is 18.0. The van der Waals surface area contributed by atoms with Gasteiger partial charge in [0.2, 0.25) is 0 Å². The lowest BCUT2D eigenvalue weighted by molar-refractivity contribution is 0.130. The van der Waals surface area contributed by atoms with Gasteiger partial charge in [-0.3, -0.25) is 5.32 Å². The van der Waals surface area contributed by atoms with Gasteiger partial charge >= 0.3 is 6.09 Å². The number of rotatable bonds is 7. The monoisotopic (exact) mass is 432 g/mol. The predicted molar refractivity (Wildman–Crippen MR) is 126 cm³/mol. The first-order chi connectivity index (χ1) is 14.0. The van der Waals surface area contributed by atoms with E-state index in [2.05, 4.69) is 37.5 Å². The smallest absolute Gasteiger partial charge is 0.411 e. The molecular formula is C23H33N2O2PS. The standard InChI is InChI=1S/C23H33N2O2PS/c1-5-28(6-2)20-14-18(25-23(26)27-16(3)4)12-13-19(20)21-15-24-22(29-21)17-10-8-7-9-11-17/h12-17H,5-11H2,1-4H3,(H,25,26). The Morgan fingerprint density at radius 1 is 1.24 bits per heavy atom. The van der Waals surface area contributed by atoms with Crippen LogP contribution in [0.25, 0.3) is 10.4 Å². The number of benzene rings is 1. The van der Waals surface area contributed by atoms with Crippen LogP contribution in [0.3, 0.4) is 0 Å². The van der Waals surface area contributed by atoms with Crippen LogP contribution in [-0.4, -0.2) is 29.5 Å². The Balaban J connectivity index is 1.89. The zero-order chi connectivity index (χ0) is 20.8. The second-order valence-corrected chi connectivity index (χ2v) is 11.8. The molecule has 1 aromatic carbocycles. The molecule has 0 radical (unpaired) electrons. The van der Waals surface area contributed by atoms with E-state index >= 15 is 0 Å². The third kappa shape index (κ3) is 5.79. The van der Waals surface area contributed by atoms with E-state index in [4.69, 9.17) is 9.72 Å². The molecule has 4 nitrogen and oxygen atoms in total. The highest BCUT2D eigenvalue weighted by Crippen LogP contribution is 2.42. The van der Waals surface area contributed by atoms with Crippen LogP contribution in [0.15, 0.2) is 24.4 Å². The Kier molecular flexibility index (Phi) is 8.08. The molecule has 0 atom stereocenters. The van der Waals surface area contributed by atoms with Crippen molar-refractivity contribution in [1.82, 2.24) is 4.98 Å². The highest BCUT2D eigenvalue weighted by molar-refractivity contribution is 7.65. The van der Waals surface area contributed by atoms with Gasteiger partial charge in [0.25, 0.3) is 0 Å². The number of nitrogens with one attached hydrogen (secondary N) is 1. The van der Waals surface area contributed by atoms with Crippen molar-refractivity contribution in [2.24, 2.45) is 0 Å². The average Bonchev–Trinajstić information content (AvgIpc) is 3.19. The van der Waals surface area contributed by atoms with Crippen molar-refractivity contribution in [3.8, 4) is 10.4 Å². The Labute approximate surface area is 180 Å². The molecule has 29 heavy (non-hydrogen) atoms.